The molecule has 1 fully saturated rings. The molecular weight excluding hydrogens is 277 g/mol. The molecule has 21 heavy (non-hydrogen) atoms. The van der Waals surface area contributed by atoms with E-state index in [4.69, 9.17) is 0 Å². The third-order valence-electron chi connectivity index (χ3n) is 3.78. The fourth-order valence-corrected chi connectivity index (χ4v) is 2.46. The molecule has 0 unspecified atom stereocenters. The highest BCUT2D eigenvalue weighted by Gasteiger charge is 2.21. The Morgan fingerprint density at radius 1 is 1.48 bits per heavy atom. The van der Waals surface area contributed by atoms with Gasteiger partial charge in [0.15, 0.2) is 0 Å². The van der Waals surface area contributed by atoms with Gasteiger partial charge in [0, 0.05) is 30.8 Å². The van der Waals surface area contributed by atoms with Crippen LogP contribution >= 0.6 is 0 Å². The van der Waals surface area contributed by atoms with Crippen LogP contribution < -0.4 is 5.32 Å². The summed E-state index contributed by atoms with van der Waals surface area (Å²) in [5, 5.41) is 13.4. The quantitative estimate of drug-likeness (QED) is 0.680. The van der Waals surface area contributed by atoms with Crippen molar-refractivity contribution in [2.24, 2.45) is 0 Å². The van der Waals surface area contributed by atoms with Crippen LogP contribution in [-0.4, -0.2) is 41.4 Å². The number of hydrogen-bond acceptors (Lipinski definition) is 4. The van der Waals surface area contributed by atoms with Crippen molar-refractivity contribution in [3.63, 3.8) is 0 Å². The summed E-state index contributed by atoms with van der Waals surface area (Å²) in [6, 6.07) is 3.27. The molecule has 1 aliphatic heterocycles. The van der Waals surface area contributed by atoms with E-state index in [1.165, 1.54) is 6.07 Å². The molecule has 1 heterocycles. The van der Waals surface area contributed by atoms with Gasteiger partial charge in [0.05, 0.1) is 4.92 Å². The second-order valence-electron chi connectivity index (χ2n) is 5.11. The first-order valence-corrected chi connectivity index (χ1v) is 6.98. The Hall–Kier alpha value is -2.02. The average Bonchev–Trinajstić information content (AvgIpc) is 2.47. The van der Waals surface area contributed by atoms with Crippen molar-refractivity contribution in [1.29, 1.82) is 0 Å². The fourth-order valence-electron chi connectivity index (χ4n) is 2.46. The predicted molar refractivity (Wildman–Crippen MR) is 75.7 cm³/mol. The molecule has 0 radical (unpaired) electrons. The van der Waals surface area contributed by atoms with E-state index in [2.05, 4.69) is 17.1 Å². The molecule has 2 rings (SSSR count). The van der Waals surface area contributed by atoms with Crippen molar-refractivity contribution < 1.29 is 14.1 Å². The third kappa shape index (κ3) is 3.75. The number of carbonyl (C=O) groups is 1. The van der Waals surface area contributed by atoms with E-state index >= 15 is 0 Å². The highest BCUT2D eigenvalue weighted by atomic mass is 19.1. The Bertz CT molecular complexity index is 542. The zero-order valence-electron chi connectivity index (χ0n) is 11.8. The fraction of sp³-hybridized carbons (Fsp3) is 0.500. The van der Waals surface area contributed by atoms with Crippen LogP contribution in [0.3, 0.4) is 0 Å². The highest BCUT2D eigenvalue weighted by Crippen LogP contribution is 2.18. The predicted octanol–water partition coefficient (Wildman–Crippen LogP) is 1.95. The molecule has 0 atom stereocenters. The Labute approximate surface area is 122 Å². The van der Waals surface area contributed by atoms with Crippen LogP contribution in [0, 0.1) is 15.9 Å². The summed E-state index contributed by atoms with van der Waals surface area (Å²) in [5.41, 5.74) is -0.515. The normalized spacial score (nSPS) is 16.7. The van der Waals surface area contributed by atoms with E-state index in [9.17, 15) is 19.3 Å². The summed E-state index contributed by atoms with van der Waals surface area (Å²) in [5.74, 6) is -1.38. The maximum Gasteiger partial charge on any atom is 0.304 e. The summed E-state index contributed by atoms with van der Waals surface area (Å²) in [6.07, 6.45) is 1.71. The molecule has 114 valence electrons. The lowest BCUT2D eigenvalue weighted by atomic mass is 10.0. The van der Waals surface area contributed by atoms with Crippen LogP contribution in [0.2, 0.25) is 0 Å². The molecule has 0 spiro atoms. The first kappa shape index (κ1) is 15.4. The highest BCUT2D eigenvalue weighted by molar-refractivity contribution is 5.94. The Kier molecular flexibility index (Phi) is 4.85. The van der Waals surface area contributed by atoms with Crippen molar-refractivity contribution >= 4 is 11.6 Å². The van der Waals surface area contributed by atoms with Crippen LogP contribution in [0.25, 0.3) is 0 Å². The molecule has 1 aromatic rings. The zero-order valence-corrected chi connectivity index (χ0v) is 11.8. The molecule has 1 amide bonds. The van der Waals surface area contributed by atoms with Gasteiger partial charge in [0.25, 0.3) is 5.91 Å². The standard InChI is InChI=1S/C14H18FN3O3/c1-2-17-7-5-11(6-8-17)16-14(19)10-3-4-13(18(20)21)12(15)9-10/h3-4,9,11H,2,5-8H2,1H3,(H,16,19). The lowest BCUT2D eigenvalue weighted by Gasteiger charge is -2.31. The minimum absolute atomic E-state index is 0.0681. The number of halogens is 1. The van der Waals surface area contributed by atoms with Gasteiger partial charge in [-0.2, -0.15) is 4.39 Å². The maximum atomic E-state index is 13.5. The molecule has 0 saturated carbocycles. The van der Waals surface area contributed by atoms with Crippen LogP contribution in [0.15, 0.2) is 18.2 Å². The number of carbonyl (C=O) groups excluding carboxylic acids is 1. The molecule has 1 aromatic carbocycles. The van der Waals surface area contributed by atoms with E-state index in [1.807, 2.05) is 0 Å². The van der Waals surface area contributed by atoms with Gasteiger partial charge in [0.1, 0.15) is 0 Å². The minimum atomic E-state index is -0.992. The maximum absolute atomic E-state index is 13.5. The third-order valence-corrected chi connectivity index (χ3v) is 3.78. The SMILES string of the molecule is CCN1CCC(NC(=O)c2ccc([N+](=O)[O-])c(F)c2)CC1. The van der Waals surface area contributed by atoms with E-state index in [0.29, 0.717) is 0 Å². The van der Waals surface area contributed by atoms with Gasteiger partial charge in [-0.25, -0.2) is 0 Å². The van der Waals surface area contributed by atoms with Crippen molar-refractivity contribution in [3.8, 4) is 0 Å². The van der Waals surface area contributed by atoms with Crippen LogP contribution in [0.4, 0.5) is 10.1 Å². The summed E-state index contributed by atoms with van der Waals surface area (Å²) < 4.78 is 13.5. The van der Waals surface area contributed by atoms with Crippen molar-refractivity contribution in [2.75, 3.05) is 19.6 Å². The summed E-state index contributed by atoms with van der Waals surface area (Å²) in [7, 11) is 0. The van der Waals surface area contributed by atoms with Gasteiger partial charge in [-0.1, -0.05) is 6.92 Å². The number of nitro benzene ring substituents is 1. The number of nitro groups is 1. The topological polar surface area (TPSA) is 75.5 Å². The van der Waals surface area contributed by atoms with E-state index in [1.54, 1.807) is 0 Å². The van der Waals surface area contributed by atoms with Crippen molar-refractivity contribution in [1.82, 2.24) is 10.2 Å². The first-order valence-electron chi connectivity index (χ1n) is 6.98. The minimum Gasteiger partial charge on any atom is -0.349 e. The van der Waals surface area contributed by atoms with Gasteiger partial charge in [-0.05, 0) is 31.5 Å². The van der Waals surface area contributed by atoms with Crippen molar-refractivity contribution in [2.45, 2.75) is 25.8 Å². The lowest BCUT2D eigenvalue weighted by molar-refractivity contribution is -0.387. The Morgan fingerprint density at radius 2 is 2.14 bits per heavy atom. The van der Waals surface area contributed by atoms with Crippen LogP contribution in [0.5, 0.6) is 0 Å². The number of nitrogens with zero attached hydrogens (tertiary/aromatic N) is 2. The number of likely N-dealkylation sites (tertiary alicyclic amines) is 1. The number of amides is 1. The molecule has 1 saturated heterocycles. The zero-order chi connectivity index (χ0) is 15.4. The Morgan fingerprint density at radius 3 is 2.67 bits per heavy atom. The van der Waals surface area contributed by atoms with Gasteiger partial charge in [0.2, 0.25) is 5.82 Å². The molecule has 6 nitrogen and oxygen atoms in total. The average molecular weight is 295 g/mol. The second-order valence-corrected chi connectivity index (χ2v) is 5.11. The van der Waals surface area contributed by atoms with Gasteiger partial charge in [-0.3, -0.25) is 14.9 Å². The smallest absolute Gasteiger partial charge is 0.304 e. The van der Waals surface area contributed by atoms with Gasteiger partial charge < -0.3 is 10.2 Å². The molecule has 0 aromatic heterocycles. The number of nitrogens with one attached hydrogen (secondary N) is 1. The van der Waals surface area contributed by atoms with E-state index in [-0.39, 0.29) is 11.6 Å². The van der Waals surface area contributed by atoms with Crippen LogP contribution in [-0.2, 0) is 0 Å². The summed E-state index contributed by atoms with van der Waals surface area (Å²) in [4.78, 5) is 24.1. The van der Waals surface area contributed by atoms with Gasteiger partial charge >= 0.3 is 5.69 Å². The lowest BCUT2D eigenvalue weighted by Crippen LogP contribution is -2.44. The first-order chi connectivity index (χ1) is 10.0. The molecular formula is C14H18FN3O3. The number of benzene rings is 1. The largest absolute Gasteiger partial charge is 0.349 e. The summed E-state index contributed by atoms with van der Waals surface area (Å²) in [6.45, 7) is 4.94. The molecule has 1 N–H and O–H groups in total. The number of piperidine rings is 1. The second kappa shape index (κ2) is 6.62. The van der Waals surface area contributed by atoms with E-state index < -0.39 is 22.3 Å². The Balaban J connectivity index is 1.98. The van der Waals surface area contributed by atoms with Crippen molar-refractivity contribution in [3.05, 3.63) is 39.7 Å². The molecule has 0 bridgehead atoms. The monoisotopic (exact) mass is 295 g/mol. The number of rotatable bonds is 4. The number of hydrogen-bond donors (Lipinski definition) is 1. The molecule has 1 aliphatic rings. The van der Waals surface area contributed by atoms with E-state index in [0.717, 1.165) is 44.6 Å². The molecule has 0 aliphatic carbocycles. The summed E-state index contributed by atoms with van der Waals surface area (Å²) >= 11 is 0. The van der Waals surface area contributed by atoms with Crippen LogP contribution in [0.1, 0.15) is 30.1 Å². The van der Waals surface area contributed by atoms with Gasteiger partial charge in [-0.15, -0.1) is 0 Å². The molecule has 7 heteroatoms.